The minimum Gasteiger partial charge on any atom is -0.325 e. The molecule has 0 amide bonds. The number of nitrogens with two attached hydrogens (primary N) is 1. The van der Waals surface area contributed by atoms with Crippen molar-refractivity contribution in [1.82, 2.24) is 4.98 Å². The number of pyridine rings is 1. The Morgan fingerprint density at radius 1 is 1.62 bits per heavy atom. The highest BCUT2D eigenvalue weighted by molar-refractivity contribution is 14.1. The van der Waals surface area contributed by atoms with Gasteiger partial charge in [-0.25, -0.2) is 13.8 Å². The smallest absolute Gasteiger partial charge is 0.265 e. The lowest BCUT2D eigenvalue weighted by Gasteiger charge is -2.07. The zero-order chi connectivity index (χ0) is 10.0. The summed E-state index contributed by atoms with van der Waals surface area (Å²) in [7, 11) is 0. The minimum absolute atomic E-state index is 0.0230. The van der Waals surface area contributed by atoms with Crippen molar-refractivity contribution in [2.45, 2.75) is 13.0 Å². The molecule has 13 heavy (non-hydrogen) atoms. The van der Waals surface area contributed by atoms with Crippen molar-refractivity contribution in [1.29, 1.82) is 0 Å². The van der Waals surface area contributed by atoms with Gasteiger partial charge in [-0.2, -0.15) is 0 Å². The third-order valence-corrected chi connectivity index (χ3v) is 3.64. The molecular weight excluding hydrogens is 357 g/mol. The molecule has 1 rings (SSSR count). The van der Waals surface area contributed by atoms with Gasteiger partial charge in [-0.15, -0.1) is 0 Å². The maximum atomic E-state index is 12.4. The molecule has 2 nitrogen and oxygen atoms in total. The van der Waals surface area contributed by atoms with Gasteiger partial charge < -0.3 is 5.73 Å². The summed E-state index contributed by atoms with van der Waals surface area (Å²) in [5, 5.41) is 0. The zero-order valence-electron chi connectivity index (χ0n) is 6.40. The van der Waals surface area contributed by atoms with E-state index >= 15 is 0 Å². The molecule has 0 fully saturated rings. The molecule has 0 aromatic carbocycles. The van der Waals surface area contributed by atoms with Crippen LogP contribution in [0.15, 0.2) is 10.7 Å². The molecule has 0 saturated carbocycles. The second kappa shape index (κ2) is 4.61. The van der Waals surface area contributed by atoms with Crippen molar-refractivity contribution < 1.29 is 8.78 Å². The second-order valence-corrected chi connectivity index (χ2v) is 4.22. The van der Waals surface area contributed by atoms with Crippen LogP contribution < -0.4 is 5.73 Å². The lowest BCUT2D eigenvalue weighted by Crippen LogP contribution is -2.06. The van der Waals surface area contributed by atoms with Crippen LogP contribution in [-0.2, 0) is 6.54 Å². The Kier molecular flexibility index (Phi) is 3.99. The van der Waals surface area contributed by atoms with Crippen molar-refractivity contribution in [2.24, 2.45) is 5.73 Å². The molecule has 0 aliphatic heterocycles. The highest BCUT2D eigenvalue weighted by atomic mass is 127. The van der Waals surface area contributed by atoms with E-state index < -0.39 is 6.43 Å². The van der Waals surface area contributed by atoms with E-state index in [-0.39, 0.29) is 17.8 Å². The van der Waals surface area contributed by atoms with Gasteiger partial charge in [0.1, 0.15) is 4.60 Å². The molecule has 0 saturated heterocycles. The summed E-state index contributed by atoms with van der Waals surface area (Å²) in [6, 6.07) is 1.39. The molecule has 0 radical (unpaired) electrons. The summed E-state index contributed by atoms with van der Waals surface area (Å²) in [5.41, 5.74) is 5.44. The molecule has 1 aromatic rings. The summed E-state index contributed by atoms with van der Waals surface area (Å²) in [6.07, 6.45) is -2.52. The molecule has 72 valence electrons. The van der Waals surface area contributed by atoms with Crippen LogP contribution >= 0.6 is 38.5 Å². The first-order valence-electron chi connectivity index (χ1n) is 3.39. The van der Waals surface area contributed by atoms with Crippen molar-refractivity contribution >= 4 is 38.5 Å². The van der Waals surface area contributed by atoms with Crippen molar-refractivity contribution in [3.8, 4) is 0 Å². The summed E-state index contributed by atoms with van der Waals surface area (Å²) in [5.74, 6) is 0. The number of aromatic nitrogens is 1. The van der Waals surface area contributed by atoms with Crippen LogP contribution in [0.4, 0.5) is 8.78 Å². The highest BCUT2D eigenvalue weighted by Gasteiger charge is 2.15. The van der Waals surface area contributed by atoms with E-state index in [0.717, 1.165) is 0 Å². The van der Waals surface area contributed by atoms with Crippen molar-refractivity contribution in [2.75, 3.05) is 0 Å². The first-order chi connectivity index (χ1) is 6.06. The average molecular weight is 363 g/mol. The number of nitrogens with zero attached hydrogens (tertiary/aromatic N) is 1. The Bertz CT molecular complexity index is 320. The quantitative estimate of drug-likeness (QED) is 0.649. The average Bonchev–Trinajstić information content (AvgIpc) is 2.08. The maximum absolute atomic E-state index is 12.4. The summed E-state index contributed by atoms with van der Waals surface area (Å²) in [6.45, 7) is 0.0230. The van der Waals surface area contributed by atoms with Gasteiger partial charge >= 0.3 is 0 Å². The Morgan fingerprint density at radius 3 is 2.69 bits per heavy atom. The van der Waals surface area contributed by atoms with E-state index in [2.05, 4.69) is 20.9 Å². The molecule has 0 aliphatic rings. The number of hydrogen-bond donors (Lipinski definition) is 1. The van der Waals surface area contributed by atoms with Gasteiger partial charge in [0.05, 0.1) is 5.69 Å². The lowest BCUT2D eigenvalue weighted by atomic mass is 10.2. The first-order valence-corrected chi connectivity index (χ1v) is 5.26. The molecule has 0 spiro atoms. The zero-order valence-corrected chi connectivity index (χ0v) is 10.1. The summed E-state index contributed by atoms with van der Waals surface area (Å²) in [4.78, 5) is 3.92. The van der Waals surface area contributed by atoms with Crippen LogP contribution in [0.2, 0.25) is 0 Å². The molecule has 0 aliphatic carbocycles. The van der Waals surface area contributed by atoms with Crippen LogP contribution in [0.3, 0.4) is 0 Å². The Morgan fingerprint density at radius 2 is 2.23 bits per heavy atom. The Labute approximate surface area is 96.2 Å². The summed E-state index contributed by atoms with van der Waals surface area (Å²) >= 11 is 5.08. The van der Waals surface area contributed by atoms with E-state index in [0.29, 0.717) is 8.17 Å². The normalized spacial score (nSPS) is 10.9. The molecule has 2 N–H and O–H groups in total. The molecule has 0 atom stereocenters. The molecular formula is C7H6BrF2IN2. The number of rotatable bonds is 2. The number of hydrogen-bond acceptors (Lipinski definition) is 2. The van der Waals surface area contributed by atoms with Gasteiger partial charge in [0.15, 0.2) is 0 Å². The largest absolute Gasteiger partial charge is 0.325 e. The van der Waals surface area contributed by atoms with E-state index in [4.69, 9.17) is 5.73 Å². The number of halogens is 4. The molecule has 6 heteroatoms. The Hall–Kier alpha value is 0.180. The predicted octanol–water partition coefficient (Wildman–Crippen LogP) is 2.85. The first kappa shape index (κ1) is 11.3. The van der Waals surface area contributed by atoms with Crippen LogP contribution in [0.5, 0.6) is 0 Å². The molecule has 0 bridgehead atoms. The third-order valence-electron chi connectivity index (χ3n) is 1.47. The monoisotopic (exact) mass is 362 g/mol. The van der Waals surface area contributed by atoms with E-state index in [1.807, 2.05) is 22.6 Å². The van der Waals surface area contributed by atoms with Gasteiger partial charge in [0.2, 0.25) is 0 Å². The fourth-order valence-corrected chi connectivity index (χ4v) is 1.65. The van der Waals surface area contributed by atoms with Crippen LogP contribution in [0.1, 0.15) is 17.7 Å². The molecule has 0 unspecified atom stereocenters. The minimum atomic E-state index is -2.52. The van der Waals surface area contributed by atoms with Gasteiger partial charge in [-0.3, -0.25) is 0 Å². The van der Waals surface area contributed by atoms with E-state index in [9.17, 15) is 8.78 Å². The van der Waals surface area contributed by atoms with Crippen molar-refractivity contribution in [3.05, 3.63) is 25.5 Å². The van der Waals surface area contributed by atoms with E-state index in [1.54, 1.807) is 0 Å². The molecule has 1 aromatic heterocycles. The standard InChI is InChI=1S/C7H6BrF2IN2/c8-6-4(11)1-3(7(9)10)5(2-12)13-6/h1,7H,2,12H2. The number of alkyl halides is 2. The second-order valence-electron chi connectivity index (χ2n) is 2.30. The maximum Gasteiger partial charge on any atom is 0.265 e. The molecule has 1 heterocycles. The fraction of sp³-hybridized carbons (Fsp3) is 0.286. The predicted molar refractivity (Wildman–Crippen MR) is 57.5 cm³/mol. The van der Waals surface area contributed by atoms with Crippen LogP contribution in [0.25, 0.3) is 0 Å². The van der Waals surface area contributed by atoms with Gasteiger partial charge in [0.25, 0.3) is 6.43 Å². The van der Waals surface area contributed by atoms with Crippen molar-refractivity contribution in [3.63, 3.8) is 0 Å². The van der Waals surface area contributed by atoms with Gasteiger partial charge in [0, 0.05) is 15.7 Å². The third kappa shape index (κ3) is 2.57. The lowest BCUT2D eigenvalue weighted by molar-refractivity contribution is 0.149. The summed E-state index contributed by atoms with van der Waals surface area (Å²) < 4.78 is 26.0. The van der Waals surface area contributed by atoms with Gasteiger partial charge in [-0.05, 0) is 44.6 Å². The fourth-order valence-electron chi connectivity index (χ4n) is 0.868. The Balaban J connectivity index is 3.25. The van der Waals surface area contributed by atoms with Gasteiger partial charge in [-0.1, -0.05) is 0 Å². The van der Waals surface area contributed by atoms with Crippen LogP contribution in [-0.4, -0.2) is 4.98 Å². The SMILES string of the molecule is NCc1nc(Br)c(I)cc1C(F)F. The van der Waals surface area contributed by atoms with E-state index in [1.165, 1.54) is 6.07 Å². The highest BCUT2D eigenvalue weighted by Crippen LogP contribution is 2.26. The van der Waals surface area contributed by atoms with Crippen LogP contribution in [0, 0.1) is 3.57 Å². The topological polar surface area (TPSA) is 38.9 Å².